The van der Waals surface area contributed by atoms with Gasteiger partial charge in [-0.1, -0.05) is 12.1 Å². The van der Waals surface area contributed by atoms with Crippen LogP contribution in [0.2, 0.25) is 0 Å². The summed E-state index contributed by atoms with van der Waals surface area (Å²) < 4.78 is 7.53. The van der Waals surface area contributed by atoms with Crippen molar-refractivity contribution in [3.63, 3.8) is 0 Å². The van der Waals surface area contributed by atoms with Gasteiger partial charge in [0.1, 0.15) is 11.6 Å². The molecule has 8 heteroatoms. The Morgan fingerprint density at radius 1 is 1.25 bits per heavy atom. The Morgan fingerprint density at radius 3 is 2.67 bits per heavy atom. The first-order chi connectivity index (χ1) is 11.6. The summed E-state index contributed by atoms with van der Waals surface area (Å²) in [7, 11) is 2.05. The van der Waals surface area contributed by atoms with Gasteiger partial charge in [0.2, 0.25) is 5.89 Å². The smallest absolute Gasteiger partial charge is 0.226 e. The molecule has 0 bridgehead atoms. The fraction of sp³-hybridized carbons (Fsp3) is 0.750. The van der Waals surface area contributed by atoms with Gasteiger partial charge in [0, 0.05) is 24.4 Å². The average molecular weight is 331 g/mol. The fourth-order valence-corrected chi connectivity index (χ4v) is 3.36. The van der Waals surface area contributed by atoms with E-state index in [1.807, 2.05) is 14.0 Å². The highest BCUT2D eigenvalue weighted by Crippen LogP contribution is 2.42. The quantitative estimate of drug-likeness (QED) is 0.818. The van der Waals surface area contributed by atoms with Crippen LogP contribution >= 0.6 is 0 Å². The van der Waals surface area contributed by atoms with Gasteiger partial charge in [-0.3, -0.25) is 4.90 Å². The molecule has 2 fully saturated rings. The molecule has 2 heterocycles. The van der Waals surface area contributed by atoms with Crippen LogP contribution in [-0.2, 0) is 19.5 Å². The first kappa shape index (κ1) is 15.7. The van der Waals surface area contributed by atoms with Gasteiger partial charge in [-0.15, -0.1) is 10.2 Å². The first-order valence-corrected chi connectivity index (χ1v) is 8.83. The number of nitrogens with two attached hydrogens (primary N) is 1. The second kappa shape index (κ2) is 6.25. The summed E-state index contributed by atoms with van der Waals surface area (Å²) in [5.41, 5.74) is 5.95. The van der Waals surface area contributed by atoms with Crippen molar-refractivity contribution < 1.29 is 4.52 Å². The Kier molecular flexibility index (Phi) is 4.09. The lowest BCUT2D eigenvalue weighted by Crippen LogP contribution is -2.36. The van der Waals surface area contributed by atoms with Crippen molar-refractivity contribution in [2.45, 2.75) is 70.1 Å². The van der Waals surface area contributed by atoms with E-state index in [1.165, 1.54) is 12.8 Å². The van der Waals surface area contributed by atoms with Gasteiger partial charge in [0.05, 0.1) is 13.1 Å². The lowest BCUT2D eigenvalue weighted by molar-refractivity contribution is 0.285. The molecule has 4 rings (SSSR count). The second-order valence-electron chi connectivity index (χ2n) is 7.13. The topological polar surface area (TPSA) is 98.9 Å². The molecular weight excluding hydrogens is 306 g/mol. The molecule has 0 atom stereocenters. The van der Waals surface area contributed by atoms with Crippen LogP contribution in [0.25, 0.3) is 0 Å². The number of rotatable bonds is 7. The Bertz CT molecular complexity index is 699. The molecule has 0 aromatic carbocycles. The van der Waals surface area contributed by atoms with Crippen LogP contribution in [0, 0.1) is 0 Å². The van der Waals surface area contributed by atoms with Crippen molar-refractivity contribution in [3.05, 3.63) is 23.4 Å². The predicted molar refractivity (Wildman–Crippen MR) is 87.1 cm³/mol. The van der Waals surface area contributed by atoms with Crippen LogP contribution in [0.3, 0.4) is 0 Å². The van der Waals surface area contributed by atoms with E-state index >= 15 is 0 Å². The van der Waals surface area contributed by atoms with E-state index in [4.69, 9.17) is 10.3 Å². The number of hydrogen-bond acceptors (Lipinski definition) is 7. The highest BCUT2D eigenvalue weighted by Gasteiger charge is 2.37. The van der Waals surface area contributed by atoms with Crippen molar-refractivity contribution in [3.8, 4) is 0 Å². The van der Waals surface area contributed by atoms with Gasteiger partial charge in [0.25, 0.3) is 0 Å². The Morgan fingerprint density at radius 2 is 2.04 bits per heavy atom. The van der Waals surface area contributed by atoms with Gasteiger partial charge >= 0.3 is 0 Å². The van der Waals surface area contributed by atoms with Gasteiger partial charge in [-0.05, 0) is 32.7 Å². The van der Waals surface area contributed by atoms with Crippen LogP contribution in [0.1, 0.15) is 67.9 Å². The van der Waals surface area contributed by atoms with E-state index in [1.54, 1.807) is 0 Å². The summed E-state index contributed by atoms with van der Waals surface area (Å²) in [5.74, 6) is 4.06. The normalized spacial score (nSPS) is 23.7. The summed E-state index contributed by atoms with van der Waals surface area (Å²) >= 11 is 0. The van der Waals surface area contributed by atoms with Crippen molar-refractivity contribution in [1.29, 1.82) is 0 Å². The molecule has 24 heavy (non-hydrogen) atoms. The largest absolute Gasteiger partial charge is 0.339 e. The van der Waals surface area contributed by atoms with Crippen LogP contribution in [-0.4, -0.2) is 42.9 Å². The molecule has 2 aromatic heterocycles. The van der Waals surface area contributed by atoms with Gasteiger partial charge in [-0.2, -0.15) is 4.98 Å². The Labute approximate surface area is 141 Å². The SMILES string of the molecule is CCc1nc(CN(C)Cc2nnc(C3CC(N)C3)n2C2CC2)no1. The Balaban J connectivity index is 1.45. The molecule has 0 unspecified atom stereocenters. The molecule has 2 N–H and O–H groups in total. The predicted octanol–water partition coefficient (Wildman–Crippen LogP) is 1.40. The van der Waals surface area contributed by atoms with Crippen LogP contribution < -0.4 is 5.73 Å². The molecule has 0 saturated heterocycles. The molecule has 0 aliphatic heterocycles. The summed E-state index contributed by atoms with van der Waals surface area (Å²) in [5, 5.41) is 13.0. The van der Waals surface area contributed by atoms with Crippen LogP contribution in [0.15, 0.2) is 4.52 Å². The maximum absolute atomic E-state index is 5.95. The zero-order chi connectivity index (χ0) is 16.7. The van der Waals surface area contributed by atoms with Crippen LogP contribution in [0.5, 0.6) is 0 Å². The number of aryl methyl sites for hydroxylation is 1. The maximum atomic E-state index is 5.95. The molecular formula is C16H25N7O. The molecule has 2 aliphatic rings. The number of aromatic nitrogens is 5. The summed E-state index contributed by atoms with van der Waals surface area (Å²) in [6.07, 6.45) is 5.28. The fourth-order valence-electron chi connectivity index (χ4n) is 3.36. The van der Waals surface area contributed by atoms with E-state index < -0.39 is 0 Å². The number of nitrogens with zero attached hydrogens (tertiary/aromatic N) is 6. The summed E-state index contributed by atoms with van der Waals surface area (Å²) in [6, 6.07) is 0.906. The summed E-state index contributed by atoms with van der Waals surface area (Å²) in [6.45, 7) is 3.38. The third-order valence-electron chi connectivity index (χ3n) is 4.88. The monoisotopic (exact) mass is 331 g/mol. The van der Waals surface area contributed by atoms with E-state index in [0.29, 0.717) is 30.4 Å². The molecule has 2 saturated carbocycles. The summed E-state index contributed by atoms with van der Waals surface area (Å²) in [4.78, 5) is 6.52. The van der Waals surface area contributed by atoms with E-state index in [-0.39, 0.29) is 0 Å². The van der Waals surface area contributed by atoms with Crippen molar-refractivity contribution >= 4 is 0 Å². The molecule has 0 radical (unpaired) electrons. The van der Waals surface area contributed by atoms with Crippen molar-refractivity contribution in [2.75, 3.05) is 7.05 Å². The Hall–Kier alpha value is -1.80. The minimum Gasteiger partial charge on any atom is -0.339 e. The molecule has 2 aromatic rings. The first-order valence-electron chi connectivity index (χ1n) is 8.83. The average Bonchev–Trinajstić information content (AvgIpc) is 3.13. The van der Waals surface area contributed by atoms with Crippen molar-refractivity contribution in [1.82, 2.24) is 29.8 Å². The zero-order valence-corrected chi connectivity index (χ0v) is 14.4. The third kappa shape index (κ3) is 3.08. The lowest BCUT2D eigenvalue weighted by atomic mass is 9.80. The molecule has 0 spiro atoms. The lowest BCUT2D eigenvalue weighted by Gasteiger charge is -2.32. The standard InChI is InChI=1S/C16H25N7O/c1-3-15-18-13(21-24-15)8-22(2)9-14-19-20-16(10-6-11(17)7-10)23(14)12-4-5-12/h10-12H,3-9,17H2,1-2H3. The minimum atomic E-state index is 0.330. The highest BCUT2D eigenvalue weighted by molar-refractivity contribution is 5.12. The highest BCUT2D eigenvalue weighted by atomic mass is 16.5. The van der Waals surface area contributed by atoms with Crippen molar-refractivity contribution in [2.24, 2.45) is 5.73 Å². The van der Waals surface area contributed by atoms with E-state index in [9.17, 15) is 0 Å². The van der Waals surface area contributed by atoms with E-state index in [2.05, 4.69) is 29.8 Å². The van der Waals surface area contributed by atoms with Gasteiger partial charge in [-0.25, -0.2) is 0 Å². The minimum absolute atomic E-state index is 0.330. The molecule has 8 nitrogen and oxygen atoms in total. The molecule has 0 amide bonds. The van der Waals surface area contributed by atoms with Gasteiger partial charge in [0.15, 0.2) is 5.82 Å². The third-order valence-corrected chi connectivity index (χ3v) is 4.88. The molecule has 2 aliphatic carbocycles. The zero-order valence-electron chi connectivity index (χ0n) is 14.4. The van der Waals surface area contributed by atoms with Gasteiger partial charge < -0.3 is 14.8 Å². The van der Waals surface area contributed by atoms with E-state index in [0.717, 1.165) is 43.3 Å². The maximum Gasteiger partial charge on any atom is 0.226 e. The number of hydrogen-bond donors (Lipinski definition) is 1. The molecule has 130 valence electrons. The van der Waals surface area contributed by atoms with Crippen LogP contribution in [0.4, 0.5) is 0 Å². The second-order valence-corrected chi connectivity index (χ2v) is 7.13.